The third-order valence-corrected chi connectivity index (χ3v) is 2.75. The number of rotatable bonds is 3. The number of aliphatic imine (C=N–C) groups is 1. The van der Waals surface area contributed by atoms with Gasteiger partial charge < -0.3 is 10.1 Å². The lowest BCUT2D eigenvalue weighted by atomic mass is 10.00. The summed E-state index contributed by atoms with van der Waals surface area (Å²) in [6, 6.07) is -0.150. The van der Waals surface area contributed by atoms with Crippen LogP contribution in [-0.4, -0.2) is 37.7 Å². The lowest BCUT2D eigenvalue weighted by Crippen LogP contribution is -2.37. The molecule has 2 aliphatic rings. The number of amides is 1. The van der Waals surface area contributed by atoms with Gasteiger partial charge in [-0.15, -0.1) is 0 Å². The summed E-state index contributed by atoms with van der Waals surface area (Å²) in [5, 5.41) is 5.89. The van der Waals surface area contributed by atoms with Crippen LogP contribution in [0, 0.1) is 5.92 Å². The van der Waals surface area contributed by atoms with Gasteiger partial charge in [0.2, 0.25) is 5.91 Å². The Hall–Kier alpha value is -1.10. The van der Waals surface area contributed by atoms with E-state index in [1.807, 2.05) is 0 Å². The van der Waals surface area contributed by atoms with Crippen LogP contribution in [0.3, 0.4) is 0 Å². The highest BCUT2D eigenvalue weighted by Crippen LogP contribution is 2.18. The molecule has 2 aliphatic heterocycles. The van der Waals surface area contributed by atoms with Crippen LogP contribution < -0.4 is 10.6 Å². The fraction of sp³-hybridized carbons (Fsp3) is 0.800. The molecule has 15 heavy (non-hydrogen) atoms. The van der Waals surface area contributed by atoms with Gasteiger partial charge in [0.25, 0.3) is 0 Å². The van der Waals surface area contributed by atoms with Gasteiger partial charge in [-0.25, -0.2) is 0 Å². The highest BCUT2D eigenvalue weighted by molar-refractivity contribution is 6.06. The van der Waals surface area contributed by atoms with Gasteiger partial charge in [-0.3, -0.25) is 15.1 Å². The molecule has 2 rings (SSSR count). The maximum atomic E-state index is 11.6. The minimum Gasteiger partial charge on any atom is -0.381 e. The van der Waals surface area contributed by atoms with Gasteiger partial charge in [0.05, 0.1) is 6.61 Å². The van der Waals surface area contributed by atoms with Crippen molar-refractivity contribution in [2.75, 3.05) is 19.8 Å². The van der Waals surface area contributed by atoms with E-state index in [1.54, 1.807) is 0 Å². The van der Waals surface area contributed by atoms with Crippen molar-refractivity contribution in [3.05, 3.63) is 0 Å². The van der Waals surface area contributed by atoms with Gasteiger partial charge in [-0.1, -0.05) is 6.92 Å². The molecule has 0 aromatic heterocycles. The van der Waals surface area contributed by atoms with Crippen LogP contribution in [0.4, 0.5) is 0 Å². The molecule has 2 fully saturated rings. The molecule has 0 aromatic carbocycles. The summed E-state index contributed by atoms with van der Waals surface area (Å²) >= 11 is 0. The van der Waals surface area contributed by atoms with E-state index < -0.39 is 0 Å². The highest BCUT2D eigenvalue weighted by Gasteiger charge is 2.36. The van der Waals surface area contributed by atoms with E-state index >= 15 is 0 Å². The van der Waals surface area contributed by atoms with Gasteiger partial charge in [0.15, 0.2) is 5.96 Å². The Bertz CT molecular complexity index is 272. The Morgan fingerprint density at radius 2 is 2.47 bits per heavy atom. The summed E-state index contributed by atoms with van der Waals surface area (Å²) in [5.74, 6) is 0.943. The second-order valence-corrected chi connectivity index (χ2v) is 3.97. The average Bonchev–Trinajstić information content (AvgIpc) is 2.83. The summed E-state index contributed by atoms with van der Waals surface area (Å²) in [4.78, 5) is 15.9. The first kappa shape index (κ1) is 10.4. The third-order valence-electron chi connectivity index (χ3n) is 2.75. The normalized spacial score (nSPS) is 33.1. The molecule has 0 aliphatic carbocycles. The summed E-state index contributed by atoms with van der Waals surface area (Å²) in [7, 11) is 0. The summed E-state index contributed by atoms with van der Waals surface area (Å²) in [5.41, 5.74) is 0. The summed E-state index contributed by atoms with van der Waals surface area (Å²) in [6.07, 6.45) is 1.93. The van der Waals surface area contributed by atoms with Crippen LogP contribution in [0.25, 0.3) is 0 Å². The second-order valence-electron chi connectivity index (χ2n) is 3.97. The summed E-state index contributed by atoms with van der Waals surface area (Å²) < 4.78 is 5.27. The molecule has 0 spiro atoms. The van der Waals surface area contributed by atoms with Gasteiger partial charge >= 0.3 is 0 Å². The zero-order valence-electron chi connectivity index (χ0n) is 8.95. The van der Waals surface area contributed by atoms with E-state index in [0.717, 1.165) is 26.0 Å². The molecule has 1 amide bonds. The van der Waals surface area contributed by atoms with E-state index in [4.69, 9.17) is 4.74 Å². The lowest BCUT2D eigenvalue weighted by molar-refractivity contribution is -0.121. The molecule has 2 saturated heterocycles. The molecule has 2 atom stereocenters. The first-order valence-electron chi connectivity index (χ1n) is 5.51. The number of carbonyl (C=O) groups is 1. The highest BCUT2D eigenvalue weighted by atomic mass is 16.5. The smallest absolute Gasteiger partial charge is 0.249 e. The molecular formula is C10H17N3O2. The van der Waals surface area contributed by atoms with Crippen molar-refractivity contribution < 1.29 is 9.53 Å². The van der Waals surface area contributed by atoms with Crippen molar-refractivity contribution in [2.24, 2.45) is 10.9 Å². The van der Waals surface area contributed by atoms with Crippen molar-refractivity contribution in [1.29, 1.82) is 0 Å². The number of hydrogen-bond acceptors (Lipinski definition) is 3. The molecule has 0 saturated carbocycles. The van der Waals surface area contributed by atoms with Crippen LogP contribution >= 0.6 is 0 Å². The average molecular weight is 211 g/mol. The predicted octanol–water partition coefficient (Wildman–Crippen LogP) is -0.123. The third kappa shape index (κ3) is 2.28. The Balaban J connectivity index is 1.94. The maximum Gasteiger partial charge on any atom is 0.249 e. The zero-order chi connectivity index (χ0) is 10.7. The lowest BCUT2D eigenvalue weighted by Gasteiger charge is -2.13. The summed E-state index contributed by atoms with van der Waals surface area (Å²) in [6.45, 7) is 4.24. The molecule has 5 heteroatoms. The molecule has 2 heterocycles. The number of ether oxygens (including phenoxy) is 1. The Kier molecular flexibility index (Phi) is 3.20. The van der Waals surface area contributed by atoms with E-state index in [1.165, 1.54) is 0 Å². The first-order chi connectivity index (χ1) is 7.31. The molecule has 0 radical (unpaired) electrons. The van der Waals surface area contributed by atoms with Gasteiger partial charge in [0.1, 0.15) is 6.04 Å². The standard InChI is InChI=1S/C10H17N3O2/c1-2-4-11-10-12-8(9(14)13-10)7-3-5-15-6-7/h7-8H,2-6H2,1H3,(H2,11,12,13,14). The van der Waals surface area contributed by atoms with Gasteiger partial charge in [0, 0.05) is 19.1 Å². The van der Waals surface area contributed by atoms with Crippen molar-refractivity contribution >= 4 is 11.9 Å². The Morgan fingerprint density at radius 1 is 1.60 bits per heavy atom. The predicted molar refractivity (Wildman–Crippen MR) is 56.6 cm³/mol. The maximum absolute atomic E-state index is 11.6. The SMILES string of the molecule is CCCN=C1NC(=O)C(C2CCOC2)N1. The Labute approximate surface area is 89.3 Å². The largest absolute Gasteiger partial charge is 0.381 e. The van der Waals surface area contributed by atoms with E-state index in [9.17, 15) is 4.79 Å². The minimum absolute atomic E-state index is 0.0281. The number of nitrogens with one attached hydrogen (secondary N) is 2. The number of nitrogens with zero attached hydrogens (tertiary/aromatic N) is 1. The molecule has 2 N–H and O–H groups in total. The van der Waals surface area contributed by atoms with Crippen molar-refractivity contribution in [3.8, 4) is 0 Å². The van der Waals surface area contributed by atoms with Gasteiger partial charge in [-0.05, 0) is 12.8 Å². The quantitative estimate of drug-likeness (QED) is 0.684. The van der Waals surface area contributed by atoms with Crippen molar-refractivity contribution in [1.82, 2.24) is 10.6 Å². The van der Waals surface area contributed by atoms with Crippen molar-refractivity contribution in [3.63, 3.8) is 0 Å². The number of hydrogen-bond donors (Lipinski definition) is 2. The molecule has 5 nitrogen and oxygen atoms in total. The van der Waals surface area contributed by atoms with Gasteiger partial charge in [-0.2, -0.15) is 0 Å². The molecule has 2 unspecified atom stereocenters. The Morgan fingerprint density at radius 3 is 3.13 bits per heavy atom. The van der Waals surface area contributed by atoms with Crippen LogP contribution in [0.5, 0.6) is 0 Å². The van der Waals surface area contributed by atoms with Crippen LogP contribution in [0.1, 0.15) is 19.8 Å². The minimum atomic E-state index is -0.150. The fourth-order valence-electron chi connectivity index (χ4n) is 1.90. The first-order valence-corrected chi connectivity index (χ1v) is 5.51. The zero-order valence-corrected chi connectivity index (χ0v) is 8.95. The van der Waals surface area contributed by atoms with Crippen LogP contribution in [-0.2, 0) is 9.53 Å². The fourth-order valence-corrected chi connectivity index (χ4v) is 1.90. The van der Waals surface area contributed by atoms with E-state index in [0.29, 0.717) is 18.5 Å². The topological polar surface area (TPSA) is 62.7 Å². The molecule has 0 bridgehead atoms. The number of carbonyl (C=O) groups excluding carboxylic acids is 1. The number of guanidine groups is 1. The second kappa shape index (κ2) is 4.61. The molecule has 84 valence electrons. The van der Waals surface area contributed by atoms with E-state index in [-0.39, 0.29) is 11.9 Å². The monoisotopic (exact) mass is 211 g/mol. The van der Waals surface area contributed by atoms with Crippen LogP contribution in [0.2, 0.25) is 0 Å². The molecular weight excluding hydrogens is 194 g/mol. The van der Waals surface area contributed by atoms with Crippen molar-refractivity contribution in [2.45, 2.75) is 25.8 Å². The van der Waals surface area contributed by atoms with Crippen LogP contribution in [0.15, 0.2) is 4.99 Å². The van der Waals surface area contributed by atoms with E-state index in [2.05, 4.69) is 22.5 Å². The molecule has 0 aromatic rings.